The SMILES string of the molecule is Cc1nc2c(cc1F)c(-c1ncc3c(n1)NC(=O)C3(CNCC(N)(CF)CF)C(F)(F)F)nn2Cc1ncccc1F. The molecule has 42 heavy (non-hydrogen) atoms. The molecule has 0 saturated carbocycles. The summed E-state index contributed by atoms with van der Waals surface area (Å²) in [7, 11) is 0. The lowest BCUT2D eigenvalue weighted by molar-refractivity contribution is -0.190. The molecule has 222 valence electrons. The van der Waals surface area contributed by atoms with E-state index in [9.17, 15) is 35.5 Å². The summed E-state index contributed by atoms with van der Waals surface area (Å²) < 4.78 is 99.6. The van der Waals surface area contributed by atoms with Crippen molar-refractivity contribution in [2.24, 2.45) is 5.73 Å². The van der Waals surface area contributed by atoms with E-state index in [1.807, 2.05) is 0 Å². The Balaban J connectivity index is 1.57. The molecule has 5 rings (SSSR count). The topological polar surface area (TPSA) is 137 Å². The highest BCUT2D eigenvalue weighted by Crippen LogP contribution is 2.48. The minimum absolute atomic E-state index is 0.00306. The van der Waals surface area contributed by atoms with Gasteiger partial charge < -0.3 is 16.4 Å². The van der Waals surface area contributed by atoms with Gasteiger partial charge in [0, 0.05) is 31.0 Å². The van der Waals surface area contributed by atoms with Crippen molar-refractivity contribution in [1.82, 2.24) is 35.0 Å². The summed E-state index contributed by atoms with van der Waals surface area (Å²) in [4.78, 5) is 29.1. The minimum atomic E-state index is -5.19. The van der Waals surface area contributed by atoms with Crippen LogP contribution in [0.15, 0.2) is 30.6 Å². The van der Waals surface area contributed by atoms with Gasteiger partial charge >= 0.3 is 6.18 Å². The van der Waals surface area contributed by atoms with E-state index in [1.165, 1.54) is 29.9 Å². The number of anilines is 1. The number of aryl methyl sites for hydroxylation is 1. The zero-order chi connectivity index (χ0) is 30.4. The van der Waals surface area contributed by atoms with Crippen molar-refractivity contribution in [3.05, 3.63) is 59.2 Å². The smallest absolute Gasteiger partial charge is 0.320 e. The van der Waals surface area contributed by atoms with Crippen LogP contribution >= 0.6 is 0 Å². The van der Waals surface area contributed by atoms with Gasteiger partial charge in [0.2, 0.25) is 5.91 Å². The molecule has 0 spiro atoms. The quantitative estimate of drug-likeness (QED) is 0.251. The van der Waals surface area contributed by atoms with E-state index < -0.39 is 72.5 Å². The summed E-state index contributed by atoms with van der Waals surface area (Å²) in [5.74, 6) is -3.65. The number of carbonyl (C=O) groups is 1. The molecule has 4 aromatic heterocycles. The number of amides is 1. The van der Waals surface area contributed by atoms with E-state index in [2.05, 4.69) is 35.7 Å². The Morgan fingerprint density at radius 1 is 1.12 bits per heavy atom. The predicted molar refractivity (Wildman–Crippen MR) is 135 cm³/mol. The molecule has 1 atom stereocenters. The molecule has 1 unspecified atom stereocenters. The number of rotatable bonds is 9. The van der Waals surface area contributed by atoms with E-state index in [4.69, 9.17) is 5.73 Å². The Labute approximate surface area is 232 Å². The molecular weight excluding hydrogens is 575 g/mol. The number of hydrogen-bond donors (Lipinski definition) is 3. The normalized spacial score (nSPS) is 17.1. The molecule has 0 saturated heterocycles. The zero-order valence-electron chi connectivity index (χ0n) is 21.7. The number of halogens is 7. The van der Waals surface area contributed by atoms with Crippen LogP contribution in [0, 0.1) is 18.6 Å². The second kappa shape index (κ2) is 10.5. The lowest BCUT2D eigenvalue weighted by Gasteiger charge is -2.31. The van der Waals surface area contributed by atoms with Crippen molar-refractivity contribution < 1.29 is 35.5 Å². The summed E-state index contributed by atoms with van der Waals surface area (Å²) in [6, 6.07) is 3.66. The lowest BCUT2D eigenvalue weighted by Crippen LogP contribution is -2.59. The van der Waals surface area contributed by atoms with Crippen LogP contribution in [0.25, 0.3) is 22.6 Å². The fourth-order valence-corrected chi connectivity index (χ4v) is 4.54. The van der Waals surface area contributed by atoms with E-state index >= 15 is 0 Å². The standard InChI is InChI=1S/C25H22F7N9O/c1-12-16(29)5-13-18(40-41(21(13)37-12)7-17-15(28)3-2-4-35-17)20-36-6-14-19(38-20)39-22(42)24(14,25(30,31)32)11-34-10-23(33,8-26)9-27/h2-6,34H,7-11,33H2,1H3,(H,36,38,39,42). The first-order valence-electron chi connectivity index (χ1n) is 12.3. The number of nitrogens with zero attached hydrogens (tertiary/aromatic N) is 6. The van der Waals surface area contributed by atoms with Crippen LogP contribution in [0.4, 0.5) is 36.6 Å². The number of pyridine rings is 2. The van der Waals surface area contributed by atoms with Gasteiger partial charge in [0.15, 0.2) is 16.9 Å². The fraction of sp³-hybridized carbons (Fsp3) is 0.360. The van der Waals surface area contributed by atoms with Gasteiger partial charge in [-0.2, -0.15) is 18.3 Å². The van der Waals surface area contributed by atoms with Crippen LogP contribution in [-0.2, 0) is 16.8 Å². The highest BCUT2D eigenvalue weighted by atomic mass is 19.4. The van der Waals surface area contributed by atoms with Crippen LogP contribution in [-0.4, -0.2) is 73.8 Å². The highest BCUT2D eigenvalue weighted by molar-refractivity contribution is 6.06. The van der Waals surface area contributed by atoms with E-state index in [0.717, 1.165) is 12.3 Å². The molecule has 1 aliphatic heterocycles. The largest absolute Gasteiger partial charge is 0.408 e. The van der Waals surface area contributed by atoms with Crippen molar-refractivity contribution in [3.63, 3.8) is 0 Å². The Bertz CT molecular complexity index is 1670. The molecule has 0 bridgehead atoms. The molecule has 0 aromatic carbocycles. The van der Waals surface area contributed by atoms with Gasteiger partial charge in [-0.3, -0.25) is 9.78 Å². The predicted octanol–water partition coefficient (Wildman–Crippen LogP) is 2.90. The fourth-order valence-electron chi connectivity index (χ4n) is 4.54. The van der Waals surface area contributed by atoms with E-state index in [0.29, 0.717) is 0 Å². The van der Waals surface area contributed by atoms with Gasteiger partial charge in [-0.15, -0.1) is 0 Å². The van der Waals surface area contributed by atoms with Crippen molar-refractivity contribution >= 4 is 22.8 Å². The summed E-state index contributed by atoms with van der Waals surface area (Å²) in [5.41, 5.74) is -0.471. The first-order valence-corrected chi connectivity index (χ1v) is 12.3. The van der Waals surface area contributed by atoms with Crippen molar-refractivity contribution in [2.45, 2.75) is 30.6 Å². The number of nitrogens with two attached hydrogens (primary N) is 1. The maximum atomic E-state index is 14.5. The van der Waals surface area contributed by atoms with Crippen LogP contribution in [0.2, 0.25) is 0 Å². The van der Waals surface area contributed by atoms with Crippen molar-refractivity contribution in [2.75, 3.05) is 31.8 Å². The summed E-state index contributed by atoms with van der Waals surface area (Å²) in [5, 5.41) is 8.74. The van der Waals surface area contributed by atoms with Crippen molar-refractivity contribution in [1.29, 1.82) is 0 Å². The van der Waals surface area contributed by atoms with Crippen LogP contribution in [0.1, 0.15) is 17.0 Å². The van der Waals surface area contributed by atoms with E-state index in [1.54, 1.807) is 0 Å². The van der Waals surface area contributed by atoms with Gasteiger partial charge in [0.1, 0.15) is 36.5 Å². The summed E-state index contributed by atoms with van der Waals surface area (Å²) >= 11 is 0. The number of alkyl halides is 5. The molecule has 0 fully saturated rings. The molecule has 4 aromatic rings. The minimum Gasteiger partial charge on any atom is -0.320 e. The third kappa shape index (κ3) is 4.81. The molecule has 1 amide bonds. The molecule has 17 heteroatoms. The highest BCUT2D eigenvalue weighted by Gasteiger charge is 2.65. The number of hydrogen-bond acceptors (Lipinski definition) is 8. The van der Waals surface area contributed by atoms with Gasteiger partial charge in [-0.1, -0.05) is 0 Å². The lowest BCUT2D eigenvalue weighted by atomic mass is 9.81. The molecule has 0 radical (unpaired) electrons. The first kappa shape index (κ1) is 29.2. The molecule has 0 aliphatic carbocycles. The number of fused-ring (bicyclic) bond motifs is 2. The van der Waals surface area contributed by atoms with Gasteiger partial charge in [-0.05, 0) is 25.1 Å². The number of aromatic nitrogens is 6. The van der Waals surface area contributed by atoms with E-state index in [-0.39, 0.29) is 40.5 Å². The Kier molecular flexibility index (Phi) is 7.34. The van der Waals surface area contributed by atoms with Crippen molar-refractivity contribution in [3.8, 4) is 11.5 Å². The molecule has 4 N–H and O–H groups in total. The maximum absolute atomic E-state index is 14.5. The molecule has 5 heterocycles. The molecule has 1 aliphatic rings. The third-order valence-corrected chi connectivity index (χ3v) is 6.95. The van der Waals surface area contributed by atoms with Crippen LogP contribution in [0.3, 0.4) is 0 Å². The average molecular weight is 597 g/mol. The monoisotopic (exact) mass is 597 g/mol. The summed E-state index contributed by atoms with van der Waals surface area (Å²) in [6.45, 7) is -3.35. The number of carbonyl (C=O) groups excluding carboxylic acids is 1. The van der Waals surface area contributed by atoms with Crippen LogP contribution < -0.4 is 16.4 Å². The molecule has 10 nitrogen and oxygen atoms in total. The van der Waals surface area contributed by atoms with Gasteiger partial charge in [-0.25, -0.2) is 37.2 Å². The number of nitrogens with one attached hydrogen (secondary N) is 2. The first-order chi connectivity index (χ1) is 19.8. The Morgan fingerprint density at radius 3 is 2.52 bits per heavy atom. The zero-order valence-corrected chi connectivity index (χ0v) is 21.7. The molecular formula is C25H22F7N9O. The Hall–Kier alpha value is -4.25. The van der Waals surface area contributed by atoms with Gasteiger partial charge in [0.25, 0.3) is 0 Å². The maximum Gasteiger partial charge on any atom is 0.408 e. The van der Waals surface area contributed by atoms with Crippen LogP contribution in [0.5, 0.6) is 0 Å². The van der Waals surface area contributed by atoms with Gasteiger partial charge in [0.05, 0.1) is 28.9 Å². The third-order valence-electron chi connectivity index (χ3n) is 6.95. The second-order valence-corrected chi connectivity index (χ2v) is 9.91. The second-order valence-electron chi connectivity index (χ2n) is 9.91. The Morgan fingerprint density at radius 2 is 1.86 bits per heavy atom. The summed E-state index contributed by atoms with van der Waals surface area (Å²) in [6.07, 6.45) is -3.05. The average Bonchev–Trinajstić information content (AvgIpc) is 3.43.